The van der Waals surface area contributed by atoms with E-state index in [-0.39, 0.29) is 30.2 Å². The summed E-state index contributed by atoms with van der Waals surface area (Å²) in [6, 6.07) is 14.6. The highest BCUT2D eigenvalue weighted by atomic mass is 19.4. The van der Waals surface area contributed by atoms with Crippen molar-refractivity contribution in [1.82, 2.24) is 19.7 Å². The molecule has 1 atom stereocenters. The van der Waals surface area contributed by atoms with Gasteiger partial charge in [0.2, 0.25) is 0 Å². The number of carbonyl (C=O) groups excluding carboxylic acids is 1. The zero-order valence-corrected chi connectivity index (χ0v) is 24.3. The summed E-state index contributed by atoms with van der Waals surface area (Å²) in [6.07, 6.45) is 2.49. The van der Waals surface area contributed by atoms with Crippen molar-refractivity contribution in [1.29, 1.82) is 5.26 Å². The third-order valence-electron chi connectivity index (χ3n) is 10.1. The molecule has 1 aromatic heterocycles. The number of hydrogen-bond acceptors (Lipinski definition) is 5. The lowest BCUT2D eigenvalue weighted by Crippen LogP contribution is -2.43. The van der Waals surface area contributed by atoms with Gasteiger partial charge in [-0.05, 0) is 91.4 Å². The van der Waals surface area contributed by atoms with Crippen molar-refractivity contribution in [2.75, 3.05) is 18.0 Å². The van der Waals surface area contributed by atoms with Gasteiger partial charge in [-0.3, -0.25) is 9.69 Å². The molecular formula is C33H35F3N6O. The first-order chi connectivity index (χ1) is 20.6. The average Bonchev–Trinajstić information content (AvgIpc) is 3.66. The monoisotopic (exact) mass is 588 g/mol. The first-order valence-corrected chi connectivity index (χ1v) is 15.2. The summed E-state index contributed by atoms with van der Waals surface area (Å²) in [4.78, 5) is 17.7. The van der Waals surface area contributed by atoms with Gasteiger partial charge in [-0.1, -0.05) is 18.2 Å². The average molecular weight is 589 g/mol. The second-order valence-corrected chi connectivity index (χ2v) is 13.1. The van der Waals surface area contributed by atoms with E-state index in [0.29, 0.717) is 44.0 Å². The number of nitriles is 1. The van der Waals surface area contributed by atoms with E-state index in [1.165, 1.54) is 5.56 Å². The Morgan fingerprint density at radius 2 is 1.95 bits per heavy atom. The molecule has 3 fully saturated rings. The number of aryl methyl sites for hydroxylation is 1. The van der Waals surface area contributed by atoms with Crippen LogP contribution in [0.2, 0.25) is 0 Å². The minimum Gasteiger partial charge on any atom is -0.321 e. The van der Waals surface area contributed by atoms with E-state index < -0.39 is 12.1 Å². The first-order valence-electron chi connectivity index (χ1n) is 15.2. The van der Waals surface area contributed by atoms with Crippen molar-refractivity contribution in [3.63, 3.8) is 0 Å². The molecule has 3 heterocycles. The van der Waals surface area contributed by atoms with E-state index in [1.54, 1.807) is 6.33 Å². The predicted molar refractivity (Wildman–Crippen MR) is 154 cm³/mol. The van der Waals surface area contributed by atoms with Crippen molar-refractivity contribution < 1.29 is 18.0 Å². The van der Waals surface area contributed by atoms with Crippen LogP contribution in [0.15, 0.2) is 42.7 Å². The van der Waals surface area contributed by atoms with Crippen molar-refractivity contribution in [2.45, 2.75) is 75.5 Å². The van der Waals surface area contributed by atoms with Gasteiger partial charge in [-0.25, -0.2) is 0 Å². The van der Waals surface area contributed by atoms with Crippen LogP contribution in [-0.2, 0) is 32.0 Å². The van der Waals surface area contributed by atoms with Crippen LogP contribution in [0.3, 0.4) is 0 Å². The van der Waals surface area contributed by atoms with Gasteiger partial charge in [0.1, 0.15) is 12.2 Å². The normalized spacial score (nSPS) is 25.8. The number of amides is 1. The minimum absolute atomic E-state index is 0.00889. The van der Waals surface area contributed by atoms with Crippen molar-refractivity contribution in [3.8, 4) is 6.07 Å². The molecule has 0 N–H and O–H groups in total. The number of fused-ring (bicyclic) bond motifs is 1. The van der Waals surface area contributed by atoms with Crippen LogP contribution in [0.5, 0.6) is 0 Å². The van der Waals surface area contributed by atoms with Gasteiger partial charge in [-0.15, -0.1) is 10.2 Å². The van der Waals surface area contributed by atoms with Crippen molar-refractivity contribution >= 4 is 11.6 Å². The maximum Gasteiger partial charge on any atom is 0.393 e. The topological polar surface area (TPSA) is 78.1 Å². The van der Waals surface area contributed by atoms with Gasteiger partial charge in [0.25, 0.3) is 5.91 Å². The molecule has 1 amide bonds. The zero-order valence-electron chi connectivity index (χ0n) is 24.3. The molecule has 7 rings (SSSR count). The smallest absolute Gasteiger partial charge is 0.321 e. The van der Waals surface area contributed by atoms with E-state index in [0.717, 1.165) is 53.9 Å². The Balaban J connectivity index is 1.16. The number of alkyl halides is 3. The summed E-state index contributed by atoms with van der Waals surface area (Å²) in [5.74, 6) is -0.0963. The second-order valence-electron chi connectivity index (χ2n) is 13.1. The molecule has 10 heteroatoms. The Morgan fingerprint density at radius 1 is 1.14 bits per heavy atom. The van der Waals surface area contributed by atoms with Crippen LogP contribution >= 0.6 is 0 Å². The van der Waals surface area contributed by atoms with Gasteiger partial charge in [0.15, 0.2) is 0 Å². The lowest BCUT2D eigenvalue weighted by atomic mass is 9.57. The molecular weight excluding hydrogens is 553 g/mol. The Morgan fingerprint density at radius 3 is 2.65 bits per heavy atom. The molecule has 0 radical (unpaired) electrons. The number of likely N-dealkylation sites (tertiary alicyclic amines) is 1. The van der Waals surface area contributed by atoms with Gasteiger partial charge >= 0.3 is 6.18 Å². The molecule has 3 aromatic rings. The number of halogens is 3. The highest BCUT2D eigenvalue weighted by molar-refractivity contribution is 6.10. The molecule has 0 unspecified atom stereocenters. The van der Waals surface area contributed by atoms with E-state index in [1.807, 2.05) is 39.6 Å². The first kappa shape index (κ1) is 28.1. The lowest BCUT2D eigenvalue weighted by Gasteiger charge is -2.45. The molecule has 0 spiro atoms. The highest BCUT2D eigenvalue weighted by Crippen LogP contribution is 2.51. The molecule has 43 heavy (non-hydrogen) atoms. The Bertz CT molecular complexity index is 1600. The molecule has 1 saturated heterocycles. The highest BCUT2D eigenvalue weighted by Gasteiger charge is 2.47. The third-order valence-corrected chi connectivity index (χ3v) is 10.1. The summed E-state index contributed by atoms with van der Waals surface area (Å²) < 4.78 is 42.3. The van der Waals surface area contributed by atoms with E-state index in [9.17, 15) is 23.2 Å². The Kier molecular flexibility index (Phi) is 6.84. The SMILES string of the molecule is Cn1cnnc1CC1(c2cccc(N3Cc4c(cc(CN5CCC[C@H](C(F)(F)F)C5)cc4C4CC4)C3=O)c2)CC(C#N)C1. The predicted octanol–water partition coefficient (Wildman–Crippen LogP) is 6.04. The van der Waals surface area contributed by atoms with E-state index in [4.69, 9.17) is 0 Å². The molecule has 2 aliphatic heterocycles. The largest absolute Gasteiger partial charge is 0.393 e. The number of piperidine rings is 1. The summed E-state index contributed by atoms with van der Waals surface area (Å²) in [5, 5.41) is 17.9. The van der Waals surface area contributed by atoms with Crippen LogP contribution < -0.4 is 4.90 Å². The van der Waals surface area contributed by atoms with Crippen molar-refractivity contribution in [2.24, 2.45) is 18.9 Å². The number of rotatable bonds is 7. The van der Waals surface area contributed by atoms with Crippen LogP contribution in [0, 0.1) is 23.2 Å². The minimum atomic E-state index is -4.18. The quantitative estimate of drug-likeness (QED) is 0.336. The van der Waals surface area contributed by atoms with Gasteiger partial charge in [0.05, 0.1) is 18.5 Å². The van der Waals surface area contributed by atoms with E-state index in [2.05, 4.69) is 34.5 Å². The zero-order chi connectivity index (χ0) is 29.9. The lowest BCUT2D eigenvalue weighted by molar-refractivity contribution is -0.187. The summed E-state index contributed by atoms with van der Waals surface area (Å²) in [7, 11) is 1.92. The Labute approximate surface area is 249 Å². The number of hydrogen-bond donors (Lipinski definition) is 0. The van der Waals surface area contributed by atoms with Crippen LogP contribution in [0.1, 0.15) is 82.9 Å². The summed E-state index contributed by atoms with van der Waals surface area (Å²) in [5.41, 5.74) is 5.50. The summed E-state index contributed by atoms with van der Waals surface area (Å²) in [6.45, 7) is 1.56. The molecule has 224 valence electrons. The molecule has 4 aliphatic rings. The fourth-order valence-electron chi connectivity index (χ4n) is 7.51. The standard InChI is InChI=1S/C33H35F3N6O/c1-40-20-38-39-30(40)15-32(13-22(14-32)16-37)24-4-2-6-26(12-24)42-19-29-27(23-7-8-23)10-21(11-28(29)31(42)43)17-41-9-3-5-25(18-41)33(34,35)36/h2,4,6,10-12,20,22-23,25H,3,5,7-9,13-15,17-19H2,1H3/t22?,25-,32?/m0/s1. The van der Waals surface area contributed by atoms with Crippen LogP contribution in [-0.4, -0.2) is 44.8 Å². The second kappa shape index (κ2) is 10.5. The molecule has 7 nitrogen and oxygen atoms in total. The fraction of sp³-hybridized carbons (Fsp3) is 0.515. The van der Waals surface area contributed by atoms with Gasteiger partial charge < -0.3 is 9.47 Å². The van der Waals surface area contributed by atoms with E-state index >= 15 is 0 Å². The number of benzene rings is 2. The third kappa shape index (κ3) is 5.22. The number of nitrogens with zero attached hydrogens (tertiary/aromatic N) is 6. The number of aromatic nitrogens is 3. The molecule has 2 aliphatic carbocycles. The maximum atomic E-state index is 14.0. The number of carbonyl (C=O) groups is 1. The number of anilines is 1. The molecule has 2 saturated carbocycles. The van der Waals surface area contributed by atoms with Crippen molar-refractivity contribution in [3.05, 3.63) is 76.4 Å². The molecule has 2 aromatic carbocycles. The van der Waals surface area contributed by atoms with Gasteiger partial charge in [-0.2, -0.15) is 18.4 Å². The fourth-order valence-corrected chi connectivity index (χ4v) is 7.51. The van der Waals surface area contributed by atoms with Crippen LogP contribution in [0.25, 0.3) is 0 Å². The molecule has 0 bridgehead atoms. The summed E-state index contributed by atoms with van der Waals surface area (Å²) >= 11 is 0. The van der Waals surface area contributed by atoms with Crippen LogP contribution in [0.4, 0.5) is 18.9 Å². The van der Waals surface area contributed by atoms with Gasteiger partial charge in [0, 0.05) is 49.1 Å². The Hall–Kier alpha value is -3.71. The maximum absolute atomic E-state index is 14.0.